The zero-order chi connectivity index (χ0) is 10.4. The molecule has 0 aliphatic carbocycles. The van der Waals surface area contributed by atoms with Gasteiger partial charge in [0.15, 0.2) is 0 Å². The van der Waals surface area contributed by atoms with Gasteiger partial charge in [-0.05, 0) is 6.07 Å². The molecule has 1 rings (SSSR count). The number of hydrogen-bond acceptors (Lipinski definition) is 4. The Hall–Kier alpha value is -1.59. The molecule has 0 saturated carbocycles. The summed E-state index contributed by atoms with van der Waals surface area (Å²) in [5.74, 6) is -0.0943. The van der Waals surface area contributed by atoms with Crippen LogP contribution in [0, 0.1) is 0 Å². The molecule has 0 fully saturated rings. The number of nitrogens with zero attached hydrogens (tertiary/aromatic N) is 2. The maximum absolute atomic E-state index is 11.6. The molecule has 0 aromatic carbocycles. The lowest BCUT2D eigenvalue weighted by Gasteiger charge is -2.02. The molecule has 0 atom stereocenters. The van der Waals surface area contributed by atoms with Crippen molar-refractivity contribution in [2.45, 2.75) is 13.0 Å². The van der Waals surface area contributed by atoms with E-state index in [2.05, 4.69) is 5.10 Å². The highest BCUT2D eigenvalue weighted by Crippen LogP contribution is 1.96. The van der Waals surface area contributed by atoms with Gasteiger partial charge in [0.2, 0.25) is 0 Å². The summed E-state index contributed by atoms with van der Waals surface area (Å²) >= 11 is 0. The number of carbonyl (C=O) groups excluding carboxylic acids is 1. The van der Waals surface area contributed by atoms with Crippen molar-refractivity contribution in [3.05, 3.63) is 12.3 Å². The molecule has 0 radical (unpaired) electrons. The van der Waals surface area contributed by atoms with Crippen LogP contribution in [0.2, 0.25) is 0 Å². The zero-order valence-electron chi connectivity index (χ0n) is 7.65. The summed E-state index contributed by atoms with van der Waals surface area (Å²) in [4.78, 5) is 11.1. The van der Waals surface area contributed by atoms with Gasteiger partial charge in [-0.1, -0.05) is 0 Å². The van der Waals surface area contributed by atoms with Crippen molar-refractivity contribution in [3.8, 4) is 0 Å². The third-order valence-corrected chi connectivity index (χ3v) is 1.49. The molecular formula is C8H12FN3O2. The molecule has 0 aliphatic rings. The fourth-order valence-corrected chi connectivity index (χ4v) is 0.884. The van der Waals surface area contributed by atoms with Gasteiger partial charge >= 0.3 is 5.97 Å². The lowest BCUT2D eigenvalue weighted by atomic mass is 10.5. The Kier molecular flexibility index (Phi) is 3.90. The first-order chi connectivity index (χ1) is 6.72. The van der Waals surface area contributed by atoms with Crippen molar-refractivity contribution in [1.29, 1.82) is 0 Å². The topological polar surface area (TPSA) is 70.1 Å². The Bertz CT molecular complexity index is 301. The lowest BCUT2D eigenvalue weighted by Crippen LogP contribution is -2.15. The second-order valence-electron chi connectivity index (χ2n) is 2.70. The van der Waals surface area contributed by atoms with E-state index in [1.165, 1.54) is 4.68 Å². The standard InChI is InChI=1S/C8H12FN3O2/c9-3-1-5-14-8(13)6-12-4-2-7(10)11-12/h2,4H,1,3,5-6H2,(H2,10,11). The highest BCUT2D eigenvalue weighted by Gasteiger charge is 2.04. The third-order valence-electron chi connectivity index (χ3n) is 1.49. The molecule has 0 aliphatic heterocycles. The average molecular weight is 201 g/mol. The van der Waals surface area contributed by atoms with Crippen LogP contribution < -0.4 is 5.73 Å². The number of anilines is 1. The van der Waals surface area contributed by atoms with Crippen LogP contribution in [0.3, 0.4) is 0 Å². The predicted octanol–water partition coefficient (Wildman–Crippen LogP) is 0.368. The quantitative estimate of drug-likeness (QED) is 0.552. The Morgan fingerprint density at radius 1 is 1.71 bits per heavy atom. The Morgan fingerprint density at radius 3 is 3.07 bits per heavy atom. The fraction of sp³-hybridized carbons (Fsp3) is 0.500. The van der Waals surface area contributed by atoms with Crippen LogP contribution in [0.25, 0.3) is 0 Å². The van der Waals surface area contributed by atoms with Crippen molar-refractivity contribution in [3.63, 3.8) is 0 Å². The van der Waals surface area contributed by atoms with Crippen LogP contribution in [0.4, 0.5) is 10.2 Å². The first kappa shape index (κ1) is 10.5. The number of aromatic nitrogens is 2. The molecule has 6 heteroatoms. The van der Waals surface area contributed by atoms with Crippen molar-refractivity contribution < 1.29 is 13.9 Å². The van der Waals surface area contributed by atoms with Crippen LogP contribution in [-0.2, 0) is 16.1 Å². The Balaban J connectivity index is 2.27. The SMILES string of the molecule is Nc1ccn(CC(=O)OCCCF)n1. The number of carbonyl (C=O) groups is 1. The molecule has 0 amide bonds. The molecule has 0 saturated heterocycles. The van der Waals surface area contributed by atoms with Gasteiger partial charge in [0.1, 0.15) is 12.4 Å². The molecule has 2 N–H and O–H groups in total. The lowest BCUT2D eigenvalue weighted by molar-refractivity contribution is -0.144. The molecule has 1 heterocycles. The zero-order valence-corrected chi connectivity index (χ0v) is 7.65. The minimum atomic E-state index is -0.484. The van der Waals surface area contributed by atoms with E-state index in [1.807, 2.05) is 0 Å². The van der Waals surface area contributed by atoms with Crippen molar-refractivity contribution in [2.75, 3.05) is 19.0 Å². The monoisotopic (exact) mass is 201 g/mol. The Morgan fingerprint density at radius 2 is 2.50 bits per heavy atom. The van der Waals surface area contributed by atoms with Gasteiger partial charge in [-0.25, -0.2) is 0 Å². The summed E-state index contributed by atoms with van der Waals surface area (Å²) in [6.07, 6.45) is 1.80. The highest BCUT2D eigenvalue weighted by molar-refractivity contribution is 5.69. The minimum absolute atomic E-state index is 0.00346. The normalized spacial score (nSPS) is 10.1. The van der Waals surface area contributed by atoms with E-state index in [0.29, 0.717) is 5.82 Å². The second kappa shape index (κ2) is 5.21. The third kappa shape index (κ3) is 3.42. The van der Waals surface area contributed by atoms with E-state index in [-0.39, 0.29) is 19.6 Å². The van der Waals surface area contributed by atoms with Gasteiger partial charge in [-0.2, -0.15) is 5.10 Å². The summed E-state index contributed by atoms with van der Waals surface area (Å²) < 4.78 is 17.7. The van der Waals surface area contributed by atoms with E-state index in [1.54, 1.807) is 12.3 Å². The number of halogens is 1. The van der Waals surface area contributed by atoms with E-state index >= 15 is 0 Å². The van der Waals surface area contributed by atoms with Gasteiger partial charge in [-0.15, -0.1) is 0 Å². The highest BCUT2D eigenvalue weighted by atomic mass is 19.1. The first-order valence-corrected chi connectivity index (χ1v) is 4.23. The van der Waals surface area contributed by atoms with E-state index in [9.17, 15) is 9.18 Å². The first-order valence-electron chi connectivity index (χ1n) is 4.23. The van der Waals surface area contributed by atoms with Crippen molar-refractivity contribution >= 4 is 11.8 Å². The predicted molar refractivity (Wildman–Crippen MR) is 48.2 cm³/mol. The van der Waals surface area contributed by atoms with Gasteiger partial charge in [0.25, 0.3) is 0 Å². The number of nitrogen functional groups attached to an aromatic ring is 1. The van der Waals surface area contributed by atoms with Crippen LogP contribution in [0.15, 0.2) is 12.3 Å². The number of rotatable bonds is 5. The van der Waals surface area contributed by atoms with Crippen LogP contribution in [0.1, 0.15) is 6.42 Å². The average Bonchev–Trinajstić information content (AvgIpc) is 2.52. The maximum atomic E-state index is 11.6. The molecule has 1 aromatic heterocycles. The molecule has 5 nitrogen and oxygen atoms in total. The molecular weight excluding hydrogens is 189 g/mol. The summed E-state index contributed by atoms with van der Waals surface area (Å²) in [5, 5.41) is 3.80. The summed E-state index contributed by atoms with van der Waals surface area (Å²) in [6, 6.07) is 1.58. The van der Waals surface area contributed by atoms with E-state index in [4.69, 9.17) is 10.5 Å². The molecule has 0 unspecified atom stereocenters. The number of ether oxygens (including phenoxy) is 1. The van der Waals surface area contributed by atoms with E-state index < -0.39 is 12.6 Å². The molecule has 1 aromatic rings. The van der Waals surface area contributed by atoms with Crippen molar-refractivity contribution in [1.82, 2.24) is 9.78 Å². The smallest absolute Gasteiger partial charge is 0.327 e. The summed E-state index contributed by atoms with van der Waals surface area (Å²) in [7, 11) is 0. The minimum Gasteiger partial charge on any atom is -0.464 e. The number of esters is 1. The fourth-order valence-electron chi connectivity index (χ4n) is 0.884. The molecule has 0 bridgehead atoms. The van der Waals surface area contributed by atoms with Crippen LogP contribution >= 0.6 is 0 Å². The van der Waals surface area contributed by atoms with Gasteiger partial charge in [-0.3, -0.25) is 13.9 Å². The summed E-state index contributed by atoms with van der Waals surface area (Å²) in [6.45, 7) is -0.377. The number of nitrogens with two attached hydrogens (primary N) is 1. The van der Waals surface area contributed by atoms with Gasteiger partial charge in [0, 0.05) is 12.6 Å². The van der Waals surface area contributed by atoms with Gasteiger partial charge < -0.3 is 10.5 Å². The van der Waals surface area contributed by atoms with E-state index in [0.717, 1.165) is 0 Å². The largest absolute Gasteiger partial charge is 0.464 e. The number of alkyl halides is 1. The van der Waals surface area contributed by atoms with Gasteiger partial charge in [0.05, 0.1) is 13.3 Å². The second-order valence-corrected chi connectivity index (χ2v) is 2.70. The van der Waals surface area contributed by atoms with Crippen LogP contribution in [-0.4, -0.2) is 29.0 Å². The van der Waals surface area contributed by atoms with Crippen LogP contribution in [0.5, 0.6) is 0 Å². The Labute approximate surface area is 80.6 Å². The maximum Gasteiger partial charge on any atom is 0.327 e. The molecule has 78 valence electrons. The summed E-state index contributed by atoms with van der Waals surface area (Å²) in [5.41, 5.74) is 5.34. The number of hydrogen-bond donors (Lipinski definition) is 1. The molecule has 0 spiro atoms. The van der Waals surface area contributed by atoms with Crippen molar-refractivity contribution in [2.24, 2.45) is 0 Å². The molecule has 14 heavy (non-hydrogen) atoms.